The SMILES string of the molecule is O=C(NC12CCC(C1)C2)c1cn(-c2c(F)cc(F)cc2F)c2nc(N3C[C@@H](O)[C@H](O)C3)c(F)cc2c1=O. The lowest BCUT2D eigenvalue weighted by Crippen LogP contribution is -2.52. The zero-order chi connectivity index (χ0) is 26.2. The fraction of sp³-hybridized carbons (Fsp3) is 0.400. The standard InChI is InChI=1S/C25H22F4N4O4/c26-12-3-15(27)20(16(28)4-12)33-8-14(24(37)31-25-2-1-11(6-25)7-25)21(36)13-5-17(29)23(30-22(13)33)32-9-18(34)19(35)10-32/h3-5,8,11,18-19,34-35H,1-2,6-7,9-10H2,(H,31,37)/t11?,18-,19-,25?/m1/s1. The van der Waals surface area contributed by atoms with Gasteiger partial charge in [-0.1, -0.05) is 0 Å². The van der Waals surface area contributed by atoms with Crippen molar-refractivity contribution in [2.75, 3.05) is 18.0 Å². The van der Waals surface area contributed by atoms with Crippen LogP contribution in [0, 0.1) is 29.2 Å². The predicted molar refractivity (Wildman–Crippen MR) is 124 cm³/mol. The van der Waals surface area contributed by atoms with Gasteiger partial charge in [-0.05, 0) is 37.7 Å². The summed E-state index contributed by atoms with van der Waals surface area (Å²) in [7, 11) is 0. The number of carbonyl (C=O) groups is 1. The lowest BCUT2D eigenvalue weighted by atomic mass is 9.77. The summed E-state index contributed by atoms with van der Waals surface area (Å²) in [5.41, 5.74) is -3.00. The van der Waals surface area contributed by atoms with Crippen LogP contribution in [0.25, 0.3) is 16.7 Å². The number of carbonyl (C=O) groups excluding carboxylic acids is 1. The molecule has 12 heteroatoms. The summed E-state index contributed by atoms with van der Waals surface area (Å²) in [5.74, 6) is -5.46. The molecule has 0 unspecified atom stereocenters. The number of hydrogen-bond donors (Lipinski definition) is 3. The van der Waals surface area contributed by atoms with Gasteiger partial charge in [0.05, 0.1) is 17.6 Å². The molecule has 4 fully saturated rings. The Morgan fingerprint density at radius 2 is 1.68 bits per heavy atom. The second kappa shape index (κ2) is 8.25. The third kappa shape index (κ3) is 3.77. The maximum absolute atomic E-state index is 15.2. The van der Waals surface area contributed by atoms with Gasteiger partial charge in [-0.25, -0.2) is 22.5 Å². The average molecular weight is 518 g/mol. The summed E-state index contributed by atoms with van der Waals surface area (Å²) in [6.07, 6.45) is 1.80. The fourth-order valence-corrected chi connectivity index (χ4v) is 5.88. The molecule has 4 aliphatic rings. The maximum atomic E-state index is 15.2. The van der Waals surface area contributed by atoms with Crippen LogP contribution in [0.3, 0.4) is 0 Å². The van der Waals surface area contributed by atoms with E-state index >= 15 is 4.39 Å². The number of fused-ring (bicyclic) bond motifs is 2. The molecule has 1 aliphatic heterocycles. The summed E-state index contributed by atoms with van der Waals surface area (Å²) in [6, 6.07) is 1.67. The summed E-state index contributed by atoms with van der Waals surface area (Å²) < 4.78 is 59.4. The molecule has 1 aromatic carbocycles. The number of amides is 1. The fourth-order valence-electron chi connectivity index (χ4n) is 5.88. The summed E-state index contributed by atoms with van der Waals surface area (Å²) in [6.45, 7) is -0.354. The minimum Gasteiger partial charge on any atom is -0.389 e. The minimum atomic E-state index is -1.33. The number of rotatable bonds is 4. The second-order valence-electron chi connectivity index (χ2n) is 10.2. The van der Waals surface area contributed by atoms with E-state index in [0.717, 1.165) is 42.5 Å². The van der Waals surface area contributed by atoms with E-state index in [4.69, 9.17) is 0 Å². The van der Waals surface area contributed by atoms with Crippen LogP contribution in [0.2, 0.25) is 0 Å². The van der Waals surface area contributed by atoms with Crippen LogP contribution in [-0.2, 0) is 0 Å². The Labute approximate surface area is 207 Å². The molecule has 37 heavy (non-hydrogen) atoms. The van der Waals surface area contributed by atoms with Crippen LogP contribution >= 0.6 is 0 Å². The lowest BCUT2D eigenvalue weighted by molar-refractivity contribution is 0.0572. The molecule has 2 atom stereocenters. The third-order valence-electron chi connectivity index (χ3n) is 7.71. The molecule has 3 heterocycles. The highest BCUT2D eigenvalue weighted by Crippen LogP contribution is 2.51. The Balaban J connectivity index is 1.56. The number of aromatic nitrogens is 2. The van der Waals surface area contributed by atoms with Gasteiger partial charge >= 0.3 is 0 Å². The minimum absolute atomic E-state index is 0.177. The van der Waals surface area contributed by atoms with Crippen molar-refractivity contribution in [2.24, 2.45) is 5.92 Å². The van der Waals surface area contributed by atoms with Crippen LogP contribution < -0.4 is 15.6 Å². The Hall–Kier alpha value is -3.51. The summed E-state index contributed by atoms with van der Waals surface area (Å²) >= 11 is 0. The van der Waals surface area contributed by atoms with Gasteiger partial charge in [0, 0.05) is 37.0 Å². The first kappa shape index (κ1) is 23.9. The number of halogens is 4. The molecule has 1 saturated heterocycles. The van der Waals surface area contributed by atoms with E-state index in [9.17, 15) is 33.0 Å². The molecular formula is C25H22F4N4O4. The molecule has 3 aliphatic carbocycles. The van der Waals surface area contributed by atoms with Crippen molar-refractivity contribution in [1.82, 2.24) is 14.9 Å². The van der Waals surface area contributed by atoms with Crippen LogP contribution in [0.5, 0.6) is 0 Å². The molecule has 2 bridgehead atoms. The lowest BCUT2D eigenvalue weighted by Gasteiger charge is -2.39. The molecule has 3 N–H and O–H groups in total. The highest BCUT2D eigenvalue weighted by molar-refractivity contribution is 5.98. The van der Waals surface area contributed by atoms with Gasteiger partial charge in [-0.3, -0.25) is 14.2 Å². The van der Waals surface area contributed by atoms with Crippen molar-refractivity contribution in [3.63, 3.8) is 0 Å². The smallest absolute Gasteiger partial charge is 0.257 e. The normalized spacial score (nSPS) is 26.5. The number of pyridine rings is 2. The third-order valence-corrected chi connectivity index (χ3v) is 7.71. The number of aliphatic hydroxyl groups is 2. The number of anilines is 1. The first-order valence-corrected chi connectivity index (χ1v) is 11.9. The molecule has 194 valence electrons. The van der Waals surface area contributed by atoms with Crippen molar-refractivity contribution >= 4 is 22.8 Å². The van der Waals surface area contributed by atoms with Crippen molar-refractivity contribution in [2.45, 2.75) is 43.4 Å². The molecule has 8 nitrogen and oxygen atoms in total. The van der Waals surface area contributed by atoms with Gasteiger partial charge in [0.15, 0.2) is 28.9 Å². The number of nitrogens with zero attached hydrogens (tertiary/aromatic N) is 3. The Morgan fingerprint density at radius 1 is 1.03 bits per heavy atom. The Bertz CT molecular complexity index is 1480. The molecule has 2 aromatic heterocycles. The Kier molecular flexibility index (Phi) is 5.32. The van der Waals surface area contributed by atoms with E-state index in [1.807, 2.05) is 0 Å². The highest BCUT2D eigenvalue weighted by atomic mass is 19.1. The zero-order valence-corrected chi connectivity index (χ0v) is 19.3. The van der Waals surface area contributed by atoms with E-state index < -0.39 is 69.0 Å². The number of nitrogens with one attached hydrogen (secondary N) is 1. The zero-order valence-electron chi connectivity index (χ0n) is 19.3. The van der Waals surface area contributed by atoms with Crippen LogP contribution in [-0.4, -0.2) is 56.5 Å². The van der Waals surface area contributed by atoms with Crippen LogP contribution in [0.15, 0.2) is 29.2 Å². The molecule has 0 spiro atoms. The van der Waals surface area contributed by atoms with Gasteiger partial charge in [-0.15, -0.1) is 0 Å². The molecule has 1 amide bonds. The van der Waals surface area contributed by atoms with Gasteiger partial charge < -0.3 is 20.4 Å². The van der Waals surface area contributed by atoms with Gasteiger partial charge in [0.2, 0.25) is 5.43 Å². The molecule has 7 rings (SSSR count). The largest absolute Gasteiger partial charge is 0.389 e. The van der Waals surface area contributed by atoms with E-state index in [1.54, 1.807) is 0 Å². The van der Waals surface area contributed by atoms with E-state index in [2.05, 4.69) is 10.3 Å². The number of hydrogen-bond acceptors (Lipinski definition) is 6. The Morgan fingerprint density at radius 3 is 2.27 bits per heavy atom. The predicted octanol–water partition coefficient (Wildman–Crippen LogP) is 2.16. The van der Waals surface area contributed by atoms with Gasteiger partial charge in [-0.2, -0.15) is 0 Å². The van der Waals surface area contributed by atoms with Crippen molar-refractivity contribution in [3.8, 4) is 5.69 Å². The molecule has 0 radical (unpaired) electrons. The monoisotopic (exact) mass is 518 g/mol. The van der Waals surface area contributed by atoms with E-state index in [-0.39, 0.29) is 24.6 Å². The number of benzene rings is 1. The van der Waals surface area contributed by atoms with E-state index in [0.29, 0.717) is 18.1 Å². The van der Waals surface area contributed by atoms with Crippen LogP contribution in [0.1, 0.15) is 36.0 Å². The summed E-state index contributed by atoms with van der Waals surface area (Å²) in [4.78, 5) is 31.9. The van der Waals surface area contributed by atoms with E-state index in [1.165, 1.54) is 4.90 Å². The topological polar surface area (TPSA) is 108 Å². The van der Waals surface area contributed by atoms with Crippen molar-refractivity contribution in [1.29, 1.82) is 0 Å². The average Bonchev–Trinajstić information content (AvgIpc) is 3.49. The molecular weight excluding hydrogens is 496 g/mol. The molecule has 3 aromatic rings. The van der Waals surface area contributed by atoms with Crippen molar-refractivity contribution in [3.05, 3.63) is 63.5 Å². The summed E-state index contributed by atoms with van der Waals surface area (Å²) in [5, 5.41) is 22.2. The van der Waals surface area contributed by atoms with Crippen LogP contribution in [0.4, 0.5) is 23.4 Å². The molecule has 3 saturated carbocycles. The first-order chi connectivity index (χ1) is 17.5. The van der Waals surface area contributed by atoms with Crippen molar-refractivity contribution < 1.29 is 32.6 Å². The van der Waals surface area contributed by atoms with Gasteiger partial charge in [0.1, 0.15) is 17.1 Å². The quantitative estimate of drug-likeness (QED) is 0.457. The maximum Gasteiger partial charge on any atom is 0.257 e. The second-order valence-corrected chi connectivity index (χ2v) is 10.2. The number of aliphatic hydroxyl groups excluding tert-OH is 2. The first-order valence-electron chi connectivity index (χ1n) is 11.9. The van der Waals surface area contributed by atoms with Gasteiger partial charge in [0.25, 0.3) is 5.91 Å². The highest BCUT2D eigenvalue weighted by Gasteiger charge is 2.51. The number of β-amino-alcohol motifs (C(OH)–C–C–N with tert-alkyl or cyclic N) is 2.